The molecular formula is C16H17F3N2O6. The Morgan fingerprint density at radius 1 is 1.26 bits per heavy atom. The topological polar surface area (TPSA) is 119 Å². The van der Waals surface area contributed by atoms with Crippen LogP contribution >= 0.6 is 0 Å². The van der Waals surface area contributed by atoms with Crippen molar-refractivity contribution in [2.45, 2.75) is 6.18 Å². The Bertz CT molecular complexity index is 752. The number of alkyl halides is 3. The fourth-order valence-electron chi connectivity index (χ4n) is 2.80. The van der Waals surface area contributed by atoms with Crippen LogP contribution in [0.2, 0.25) is 0 Å². The van der Waals surface area contributed by atoms with Crippen molar-refractivity contribution in [3.63, 3.8) is 0 Å². The van der Waals surface area contributed by atoms with Crippen LogP contribution in [0.1, 0.15) is 10.4 Å². The maximum atomic E-state index is 13.1. The second kappa shape index (κ2) is 7.72. The molecule has 1 fully saturated rings. The van der Waals surface area contributed by atoms with Crippen molar-refractivity contribution in [3.05, 3.63) is 23.8 Å². The predicted octanol–water partition coefficient (Wildman–Crippen LogP) is 0.894. The molecule has 2 amide bonds. The number of halogens is 3. The smallest absolute Gasteiger partial charge is 0.394 e. The average Bonchev–Trinajstić information content (AvgIpc) is 3.05. The first kappa shape index (κ1) is 20.3. The van der Waals surface area contributed by atoms with Crippen LogP contribution in [-0.2, 0) is 9.59 Å². The number of carbonyl (C=O) groups is 3. The monoisotopic (exact) mass is 390 g/mol. The molecule has 1 aliphatic heterocycles. The zero-order valence-electron chi connectivity index (χ0n) is 14.2. The lowest BCUT2D eigenvalue weighted by Crippen LogP contribution is -2.34. The van der Waals surface area contributed by atoms with Crippen LogP contribution < -0.4 is 15.2 Å². The minimum Gasteiger partial charge on any atom is -0.493 e. The van der Waals surface area contributed by atoms with Gasteiger partial charge >= 0.3 is 12.1 Å². The molecule has 3 N–H and O–H groups in total. The molecule has 2 rings (SSSR count). The quantitative estimate of drug-likeness (QED) is 0.745. The molecule has 1 aliphatic rings. The van der Waals surface area contributed by atoms with E-state index < -0.39 is 55.5 Å². The summed E-state index contributed by atoms with van der Waals surface area (Å²) < 4.78 is 49.3. The number of rotatable bonds is 6. The van der Waals surface area contributed by atoms with Gasteiger partial charge in [-0.15, -0.1) is 0 Å². The summed E-state index contributed by atoms with van der Waals surface area (Å²) in [6, 6.07) is 3.81. The number of carboxylic acid groups (broad SMARTS) is 1. The third kappa shape index (κ3) is 4.60. The van der Waals surface area contributed by atoms with Gasteiger partial charge in [0.1, 0.15) is 0 Å². The van der Waals surface area contributed by atoms with Crippen molar-refractivity contribution < 1.29 is 42.1 Å². The van der Waals surface area contributed by atoms with Gasteiger partial charge in [-0.25, -0.2) is 0 Å². The van der Waals surface area contributed by atoms with E-state index in [1.54, 1.807) is 0 Å². The van der Waals surface area contributed by atoms with E-state index in [1.807, 2.05) is 0 Å². The number of nitrogens with two attached hydrogens (primary N) is 1. The lowest BCUT2D eigenvalue weighted by molar-refractivity contribution is -0.187. The third-order valence-corrected chi connectivity index (χ3v) is 4.13. The number of hydrogen-bond acceptors (Lipinski definition) is 5. The molecule has 0 radical (unpaired) electrons. The number of ether oxygens (including phenoxy) is 2. The summed E-state index contributed by atoms with van der Waals surface area (Å²) in [6.45, 7) is -1.73. The van der Waals surface area contributed by atoms with Crippen LogP contribution in [-0.4, -0.2) is 60.8 Å². The van der Waals surface area contributed by atoms with Crippen LogP contribution in [0.5, 0.6) is 11.5 Å². The van der Waals surface area contributed by atoms with E-state index in [4.69, 9.17) is 20.3 Å². The van der Waals surface area contributed by atoms with E-state index in [0.29, 0.717) is 0 Å². The molecule has 0 spiro atoms. The molecule has 1 heterocycles. The molecule has 8 nitrogen and oxygen atoms in total. The lowest BCUT2D eigenvalue weighted by Gasteiger charge is -2.19. The summed E-state index contributed by atoms with van der Waals surface area (Å²) in [7, 11) is 1.27. The van der Waals surface area contributed by atoms with Crippen LogP contribution in [0.25, 0.3) is 0 Å². The first-order valence-electron chi connectivity index (χ1n) is 7.72. The van der Waals surface area contributed by atoms with Crippen molar-refractivity contribution in [2.75, 3.05) is 26.8 Å². The van der Waals surface area contributed by atoms with Crippen LogP contribution in [0, 0.1) is 11.8 Å². The number of benzene rings is 1. The summed E-state index contributed by atoms with van der Waals surface area (Å²) >= 11 is 0. The lowest BCUT2D eigenvalue weighted by atomic mass is 9.96. The van der Waals surface area contributed by atoms with E-state index in [1.165, 1.54) is 25.3 Å². The molecule has 148 valence electrons. The van der Waals surface area contributed by atoms with Gasteiger partial charge in [-0.05, 0) is 18.2 Å². The maximum Gasteiger partial charge on any atom is 0.394 e. The van der Waals surface area contributed by atoms with Gasteiger partial charge in [0.2, 0.25) is 0 Å². The van der Waals surface area contributed by atoms with Crippen molar-refractivity contribution in [1.29, 1.82) is 0 Å². The Balaban J connectivity index is 2.22. The Hall–Kier alpha value is -2.98. The SMILES string of the molecule is COc1cc(C(=O)N2C[C@@H](C(F)(F)F)[C@H](C(=O)O)C2)ccc1OCC(N)=O. The Labute approximate surface area is 151 Å². The van der Waals surface area contributed by atoms with E-state index in [-0.39, 0.29) is 17.1 Å². The molecule has 11 heteroatoms. The van der Waals surface area contributed by atoms with Gasteiger partial charge in [0.15, 0.2) is 18.1 Å². The normalized spacial score (nSPS) is 19.6. The standard InChI is InChI=1S/C16H17F3N2O6/c1-26-12-4-8(2-3-11(12)27-7-13(20)22)14(23)21-5-9(15(24)25)10(6-21)16(17,18)19/h2-4,9-10H,5-7H2,1H3,(H2,20,22)(H,24,25)/t9-,10-/m1/s1. The minimum absolute atomic E-state index is 0.00904. The molecule has 1 saturated heterocycles. The molecule has 2 atom stereocenters. The number of carbonyl (C=O) groups excluding carboxylic acids is 2. The van der Waals surface area contributed by atoms with E-state index in [0.717, 1.165) is 4.90 Å². The summed E-state index contributed by atoms with van der Waals surface area (Å²) in [5.41, 5.74) is 4.96. The fourth-order valence-corrected chi connectivity index (χ4v) is 2.80. The van der Waals surface area contributed by atoms with Crippen molar-refractivity contribution >= 4 is 17.8 Å². The molecule has 1 aromatic carbocycles. The molecule has 27 heavy (non-hydrogen) atoms. The Morgan fingerprint density at radius 2 is 1.93 bits per heavy atom. The van der Waals surface area contributed by atoms with Crippen LogP contribution in [0.3, 0.4) is 0 Å². The highest BCUT2D eigenvalue weighted by molar-refractivity contribution is 5.95. The van der Waals surface area contributed by atoms with Gasteiger partial charge in [0, 0.05) is 18.7 Å². The summed E-state index contributed by atoms with van der Waals surface area (Å²) in [4.78, 5) is 35.3. The van der Waals surface area contributed by atoms with Crippen LogP contribution in [0.15, 0.2) is 18.2 Å². The van der Waals surface area contributed by atoms with Gasteiger partial charge in [-0.2, -0.15) is 13.2 Å². The van der Waals surface area contributed by atoms with Crippen molar-refractivity contribution in [2.24, 2.45) is 17.6 Å². The number of carboxylic acids is 1. The Kier molecular flexibility index (Phi) is 5.82. The molecule has 0 aromatic heterocycles. The second-order valence-electron chi connectivity index (χ2n) is 5.92. The van der Waals surface area contributed by atoms with Gasteiger partial charge < -0.3 is 25.2 Å². The summed E-state index contributed by atoms with van der Waals surface area (Å²) in [5, 5.41) is 9.03. The maximum absolute atomic E-state index is 13.1. The molecule has 1 aromatic rings. The van der Waals surface area contributed by atoms with E-state index >= 15 is 0 Å². The summed E-state index contributed by atoms with van der Waals surface area (Å²) in [5.74, 6) is -6.79. The van der Waals surface area contributed by atoms with E-state index in [2.05, 4.69) is 0 Å². The number of likely N-dealkylation sites (tertiary alicyclic amines) is 1. The highest BCUT2D eigenvalue weighted by Crippen LogP contribution is 2.38. The molecule has 0 unspecified atom stereocenters. The largest absolute Gasteiger partial charge is 0.493 e. The predicted molar refractivity (Wildman–Crippen MR) is 84.3 cm³/mol. The first-order valence-corrected chi connectivity index (χ1v) is 7.72. The number of amides is 2. The number of nitrogens with zero attached hydrogens (tertiary/aromatic N) is 1. The van der Waals surface area contributed by atoms with Crippen molar-refractivity contribution in [3.8, 4) is 11.5 Å². The number of primary amides is 1. The van der Waals surface area contributed by atoms with Gasteiger partial charge in [-0.1, -0.05) is 0 Å². The minimum atomic E-state index is -4.73. The first-order chi connectivity index (χ1) is 12.5. The zero-order valence-corrected chi connectivity index (χ0v) is 14.2. The zero-order chi connectivity index (χ0) is 20.4. The van der Waals surface area contributed by atoms with Gasteiger partial charge in [0.05, 0.1) is 18.9 Å². The second-order valence-corrected chi connectivity index (χ2v) is 5.92. The highest BCUT2D eigenvalue weighted by atomic mass is 19.4. The van der Waals surface area contributed by atoms with Gasteiger partial charge in [-0.3, -0.25) is 14.4 Å². The molecule has 0 saturated carbocycles. The van der Waals surface area contributed by atoms with Crippen molar-refractivity contribution in [1.82, 2.24) is 4.90 Å². The third-order valence-electron chi connectivity index (χ3n) is 4.13. The van der Waals surface area contributed by atoms with E-state index in [9.17, 15) is 27.6 Å². The summed E-state index contributed by atoms with van der Waals surface area (Å²) in [6.07, 6.45) is -4.73. The highest BCUT2D eigenvalue weighted by Gasteiger charge is 2.53. The average molecular weight is 390 g/mol. The van der Waals surface area contributed by atoms with Crippen LogP contribution in [0.4, 0.5) is 13.2 Å². The number of aliphatic carboxylic acids is 1. The number of methoxy groups -OCH3 is 1. The Morgan fingerprint density at radius 3 is 2.41 bits per heavy atom. The molecular weight excluding hydrogens is 373 g/mol. The molecule has 0 aliphatic carbocycles. The van der Waals surface area contributed by atoms with Gasteiger partial charge in [0.25, 0.3) is 11.8 Å². The number of hydrogen-bond donors (Lipinski definition) is 2. The molecule has 0 bridgehead atoms. The fraction of sp³-hybridized carbons (Fsp3) is 0.438.